The Morgan fingerprint density at radius 3 is 2.33 bits per heavy atom. The summed E-state index contributed by atoms with van der Waals surface area (Å²) in [5.41, 5.74) is 6.88. The number of nitrogens with two attached hydrogens (primary N) is 1. The van der Waals surface area contributed by atoms with Crippen molar-refractivity contribution in [2.75, 3.05) is 14.2 Å². The number of hydrogen-bond acceptors (Lipinski definition) is 4. The highest BCUT2D eigenvalue weighted by Gasteiger charge is 2.16. The van der Waals surface area contributed by atoms with E-state index < -0.39 is 0 Å². The smallest absolute Gasteiger partial charge is 0.222 e. The molecular weight excluding hydrogens is 268 g/mol. The van der Waals surface area contributed by atoms with E-state index in [4.69, 9.17) is 15.2 Å². The van der Waals surface area contributed by atoms with Crippen LogP contribution in [0.4, 0.5) is 0 Å². The Kier molecular flexibility index (Phi) is 6.49. The zero-order valence-corrected chi connectivity index (χ0v) is 13.5. The highest BCUT2D eigenvalue weighted by Crippen LogP contribution is 2.29. The van der Waals surface area contributed by atoms with Crippen LogP contribution in [0, 0.1) is 5.92 Å². The third kappa shape index (κ3) is 4.93. The van der Waals surface area contributed by atoms with Gasteiger partial charge in [0.15, 0.2) is 11.5 Å². The zero-order chi connectivity index (χ0) is 16.0. The Bertz CT molecular complexity index is 475. The van der Waals surface area contributed by atoms with Gasteiger partial charge in [-0.15, -0.1) is 0 Å². The second kappa shape index (κ2) is 7.88. The molecule has 0 radical (unpaired) electrons. The van der Waals surface area contributed by atoms with E-state index in [0.717, 1.165) is 5.56 Å². The Balaban J connectivity index is 2.71. The fourth-order valence-electron chi connectivity index (χ4n) is 1.96. The maximum Gasteiger partial charge on any atom is 0.222 e. The maximum atomic E-state index is 12.0. The van der Waals surface area contributed by atoms with Crippen LogP contribution < -0.4 is 20.5 Å². The third-order valence-electron chi connectivity index (χ3n) is 3.56. The van der Waals surface area contributed by atoms with Crippen molar-refractivity contribution in [1.82, 2.24) is 5.32 Å². The highest BCUT2D eigenvalue weighted by molar-refractivity contribution is 5.77. The number of benzene rings is 1. The zero-order valence-electron chi connectivity index (χ0n) is 13.5. The quantitative estimate of drug-likeness (QED) is 0.809. The number of rotatable bonds is 7. The lowest BCUT2D eigenvalue weighted by molar-refractivity contribution is -0.122. The summed E-state index contributed by atoms with van der Waals surface area (Å²) in [6.45, 7) is 5.95. The topological polar surface area (TPSA) is 73.6 Å². The second-order valence-electron chi connectivity index (χ2n) is 5.52. The number of methoxy groups -OCH3 is 2. The Labute approximate surface area is 126 Å². The van der Waals surface area contributed by atoms with Crippen molar-refractivity contribution in [1.29, 1.82) is 0 Å². The van der Waals surface area contributed by atoms with Crippen LogP contribution in [0.15, 0.2) is 18.2 Å². The van der Waals surface area contributed by atoms with E-state index in [1.54, 1.807) is 14.2 Å². The van der Waals surface area contributed by atoms with Crippen molar-refractivity contribution in [2.24, 2.45) is 11.7 Å². The Hall–Kier alpha value is -1.75. The molecule has 21 heavy (non-hydrogen) atoms. The first-order valence-corrected chi connectivity index (χ1v) is 7.15. The Morgan fingerprint density at radius 1 is 1.19 bits per heavy atom. The van der Waals surface area contributed by atoms with E-state index in [2.05, 4.69) is 5.32 Å². The number of hydrogen-bond donors (Lipinski definition) is 2. The van der Waals surface area contributed by atoms with Crippen LogP contribution >= 0.6 is 0 Å². The first-order chi connectivity index (χ1) is 9.88. The lowest BCUT2D eigenvalue weighted by Gasteiger charge is -2.19. The summed E-state index contributed by atoms with van der Waals surface area (Å²) in [6.07, 6.45) is 0.329. The van der Waals surface area contributed by atoms with Gasteiger partial charge in [0.1, 0.15) is 0 Å². The molecule has 1 amide bonds. The third-order valence-corrected chi connectivity index (χ3v) is 3.56. The van der Waals surface area contributed by atoms with Gasteiger partial charge in [-0.3, -0.25) is 4.79 Å². The van der Waals surface area contributed by atoms with Crippen LogP contribution in [-0.2, 0) is 4.79 Å². The predicted octanol–water partition coefficient (Wildman–Crippen LogP) is 2.25. The molecule has 3 N–H and O–H groups in total. The van der Waals surface area contributed by atoms with Gasteiger partial charge >= 0.3 is 0 Å². The van der Waals surface area contributed by atoms with Gasteiger partial charge in [-0.05, 0) is 30.5 Å². The van der Waals surface area contributed by atoms with Crippen molar-refractivity contribution in [3.8, 4) is 11.5 Å². The van der Waals surface area contributed by atoms with Gasteiger partial charge < -0.3 is 20.5 Å². The highest BCUT2D eigenvalue weighted by atomic mass is 16.5. The molecule has 5 nitrogen and oxygen atoms in total. The summed E-state index contributed by atoms with van der Waals surface area (Å²) in [7, 11) is 3.18. The molecule has 1 aromatic carbocycles. The van der Waals surface area contributed by atoms with Gasteiger partial charge in [0.2, 0.25) is 5.91 Å². The van der Waals surface area contributed by atoms with Crippen LogP contribution in [0.2, 0.25) is 0 Å². The van der Waals surface area contributed by atoms with Crippen LogP contribution in [0.25, 0.3) is 0 Å². The van der Waals surface area contributed by atoms with E-state index in [1.807, 2.05) is 39.0 Å². The molecule has 118 valence electrons. The molecule has 0 saturated heterocycles. The fraction of sp³-hybridized carbons (Fsp3) is 0.562. The number of nitrogens with one attached hydrogen (secondary N) is 1. The first-order valence-electron chi connectivity index (χ1n) is 7.15. The molecule has 0 aliphatic rings. The van der Waals surface area contributed by atoms with Gasteiger partial charge in [-0.25, -0.2) is 0 Å². The minimum atomic E-state index is -0.123. The van der Waals surface area contributed by atoms with Crippen LogP contribution in [0.3, 0.4) is 0 Å². The normalized spacial score (nSPS) is 13.7. The second-order valence-corrected chi connectivity index (χ2v) is 5.52. The van der Waals surface area contributed by atoms with Gasteiger partial charge in [-0.1, -0.05) is 19.9 Å². The maximum absolute atomic E-state index is 12.0. The van der Waals surface area contributed by atoms with E-state index in [-0.39, 0.29) is 23.9 Å². The van der Waals surface area contributed by atoms with Crippen molar-refractivity contribution >= 4 is 5.91 Å². The molecule has 0 saturated carbocycles. The average molecular weight is 294 g/mol. The fourth-order valence-corrected chi connectivity index (χ4v) is 1.96. The number of carbonyl (C=O) groups is 1. The van der Waals surface area contributed by atoms with Gasteiger partial charge in [-0.2, -0.15) is 0 Å². The van der Waals surface area contributed by atoms with E-state index in [1.165, 1.54) is 0 Å². The van der Waals surface area contributed by atoms with Crippen molar-refractivity contribution in [3.05, 3.63) is 23.8 Å². The molecule has 0 spiro atoms. The standard InChI is InChI=1S/C16H26N2O3/c1-10(2)13(17)9-16(19)18-11(3)12-6-7-14(20-4)15(8-12)21-5/h6-8,10-11,13H,9,17H2,1-5H3,(H,18,19). The Morgan fingerprint density at radius 2 is 1.81 bits per heavy atom. The molecule has 2 atom stereocenters. The molecule has 0 aliphatic carbocycles. The lowest BCUT2D eigenvalue weighted by atomic mass is 10.0. The summed E-state index contributed by atoms with van der Waals surface area (Å²) < 4.78 is 10.5. The molecule has 0 heterocycles. The van der Waals surface area contributed by atoms with Crippen LogP contribution in [-0.4, -0.2) is 26.2 Å². The molecule has 0 bridgehead atoms. The molecule has 0 fully saturated rings. The van der Waals surface area contributed by atoms with Crippen molar-refractivity contribution in [2.45, 2.75) is 39.3 Å². The summed E-state index contributed by atoms with van der Waals surface area (Å²) in [5, 5.41) is 2.96. The van der Waals surface area contributed by atoms with E-state index in [0.29, 0.717) is 17.9 Å². The summed E-state index contributed by atoms with van der Waals surface area (Å²) >= 11 is 0. The molecular formula is C16H26N2O3. The number of amides is 1. The average Bonchev–Trinajstić information content (AvgIpc) is 2.45. The summed E-state index contributed by atoms with van der Waals surface area (Å²) in [5.74, 6) is 1.56. The SMILES string of the molecule is COc1ccc(C(C)NC(=O)CC(N)C(C)C)cc1OC. The summed E-state index contributed by atoms with van der Waals surface area (Å²) in [6, 6.07) is 5.37. The van der Waals surface area contributed by atoms with Crippen LogP contribution in [0.1, 0.15) is 38.8 Å². The van der Waals surface area contributed by atoms with Gasteiger partial charge in [0.05, 0.1) is 20.3 Å². The molecule has 1 aromatic rings. The molecule has 1 rings (SSSR count). The van der Waals surface area contributed by atoms with Crippen molar-refractivity contribution < 1.29 is 14.3 Å². The van der Waals surface area contributed by atoms with Crippen LogP contribution in [0.5, 0.6) is 11.5 Å². The minimum Gasteiger partial charge on any atom is -0.493 e. The van der Waals surface area contributed by atoms with Crippen molar-refractivity contribution in [3.63, 3.8) is 0 Å². The monoisotopic (exact) mass is 294 g/mol. The van der Waals surface area contributed by atoms with Gasteiger partial charge in [0.25, 0.3) is 0 Å². The van der Waals surface area contributed by atoms with Gasteiger partial charge in [0, 0.05) is 12.5 Å². The largest absolute Gasteiger partial charge is 0.493 e. The number of ether oxygens (including phenoxy) is 2. The number of carbonyl (C=O) groups excluding carboxylic acids is 1. The summed E-state index contributed by atoms with van der Waals surface area (Å²) in [4.78, 5) is 12.0. The molecule has 5 heteroatoms. The predicted molar refractivity (Wildman–Crippen MR) is 83.5 cm³/mol. The van der Waals surface area contributed by atoms with E-state index >= 15 is 0 Å². The first kappa shape index (κ1) is 17.3. The molecule has 2 unspecified atom stereocenters. The minimum absolute atomic E-state index is 0.0431. The molecule has 0 aliphatic heterocycles. The van der Waals surface area contributed by atoms with E-state index in [9.17, 15) is 4.79 Å². The lowest BCUT2D eigenvalue weighted by Crippen LogP contribution is -2.35. The molecule has 0 aromatic heterocycles.